The molecule has 1 amide bonds. The number of carbonyl (C=O) groups is 1. The highest BCUT2D eigenvalue weighted by atomic mass is 16.5. The Balaban J connectivity index is 1.71. The van der Waals surface area contributed by atoms with Gasteiger partial charge in [-0.1, -0.05) is 6.07 Å². The SMILES string of the molecule is COc1cnc2c(C(=O)NCC3(O)CC3)cn(Cc3ccc(C)nc3OC)c2n1. The average molecular weight is 397 g/mol. The summed E-state index contributed by atoms with van der Waals surface area (Å²) in [6, 6.07) is 3.84. The van der Waals surface area contributed by atoms with Gasteiger partial charge in [0.05, 0.1) is 38.1 Å². The topological polar surface area (TPSA) is 111 Å². The van der Waals surface area contributed by atoms with E-state index in [0.717, 1.165) is 11.3 Å². The molecule has 3 aromatic heterocycles. The maximum atomic E-state index is 12.7. The van der Waals surface area contributed by atoms with E-state index in [9.17, 15) is 9.90 Å². The van der Waals surface area contributed by atoms with Gasteiger partial charge in [0.25, 0.3) is 5.91 Å². The molecule has 1 saturated carbocycles. The van der Waals surface area contributed by atoms with Crippen LogP contribution in [0.15, 0.2) is 24.5 Å². The number of methoxy groups -OCH3 is 2. The Morgan fingerprint density at radius 2 is 2.07 bits per heavy atom. The quantitative estimate of drug-likeness (QED) is 0.621. The summed E-state index contributed by atoms with van der Waals surface area (Å²) in [6.45, 7) is 2.51. The highest BCUT2D eigenvalue weighted by Crippen LogP contribution is 2.34. The molecule has 152 valence electrons. The van der Waals surface area contributed by atoms with Crippen LogP contribution in [0, 0.1) is 6.92 Å². The third-order valence-corrected chi connectivity index (χ3v) is 5.02. The van der Waals surface area contributed by atoms with Crippen LogP contribution in [0.5, 0.6) is 11.8 Å². The molecule has 0 unspecified atom stereocenters. The first kappa shape index (κ1) is 19.1. The summed E-state index contributed by atoms with van der Waals surface area (Å²) < 4.78 is 12.4. The summed E-state index contributed by atoms with van der Waals surface area (Å²) in [6.07, 6.45) is 4.58. The molecule has 3 heterocycles. The lowest BCUT2D eigenvalue weighted by Crippen LogP contribution is -2.33. The lowest BCUT2D eigenvalue weighted by atomic mass is 10.2. The number of aliphatic hydroxyl groups is 1. The van der Waals surface area contributed by atoms with Crippen molar-refractivity contribution in [3.05, 3.63) is 41.3 Å². The molecular formula is C20H23N5O4. The number of hydrogen-bond donors (Lipinski definition) is 2. The van der Waals surface area contributed by atoms with Gasteiger partial charge in [-0.25, -0.2) is 9.97 Å². The maximum Gasteiger partial charge on any atom is 0.255 e. The molecule has 1 aliphatic carbocycles. The van der Waals surface area contributed by atoms with Gasteiger partial charge < -0.3 is 24.5 Å². The lowest BCUT2D eigenvalue weighted by Gasteiger charge is -2.10. The van der Waals surface area contributed by atoms with Crippen molar-refractivity contribution in [3.63, 3.8) is 0 Å². The molecule has 9 nitrogen and oxygen atoms in total. The van der Waals surface area contributed by atoms with Gasteiger partial charge in [-0.3, -0.25) is 4.79 Å². The number of rotatable bonds is 7. The van der Waals surface area contributed by atoms with Crippen LogP contribution in [0.2, 0.25) is 0 Å². The van der Waals surface area contributed by atoms with Crippen LogP contribution in [-0.4, -0.2) is 56.9 Å². The van der Waals surface area contributed by atoms with Crippen LogP contribution < -0.4 is 14.8 Å². The Kier molecular flexibility index (Phi) is 4.83. The number of carbonyl (C=O) groups excluding carboxylic acids is 1. The molecule has 1 fully saturated rings. The Morgan fingerprint density at radius 1 is 1.28 bits per heavy atom. The molecular weight excluding hydrogens is 374 g/mol. The molecule has 0 aromatic carbocycles. The van der Waals surface area contributed by atoms with Crippen molar-refractivity contribution < 1.29 is 19.4 Å². The summed E-state index contributed by atoms with van der Waals surface area (Å²) in [4.78, 5) is 26.0. The normalized spacial score (nSPS) is 14.6. The second-order valence-corrected chi connectivity index (χ2v) is 7.28. The van der Waals surface area contributed by atoms with E-state index in [4.69, 9.17) is 9.47 Å². The van der Waals surface area contributed by atoms with E-state index < -0.39 is 5.60 Å². The predicted molar refractivity (Wildman–Crippen MR) is 105 cm³/mol. The molecule has 1 aliphatic rings. The van der Waals surface area contributed by atoms with Gasteiger partial charge in [-0.05, 0) is 25.8 Å². The summed E-state index contributed by atoms with van der Waals surface area (Å²) in [5, 5.41) is 12.8. The Labute approximate surface area is 167 Å². The van der Waals surface area contributed by atoms with E-state index in [0.29, 0.717) is 47.9 Å². The van der Waals surface area contributed by atoms with Crippen molar-refractivity contribution in [2.75, 3.05) is 20.8 Å². The molecule has 0 bridgehead atoms. The second kappa shape index (κ2) is 7.32. The zero-order valence-electron chi connectivity index (χ0n) is 16.6. The van der Waals surface area contributed by atoms with Crippen LogP contribution in [0.25, 0.3) is 11.2 Å². The Bertz CT molecular complexity index is 1070. The molecule has 29 heavy (non-hydrogen) atoms. The Hall–Kier alpha value is -3.20. The van der Waals surface area contributed by atoms with Gasteiger partial charge in [0.2, 0.25) is 11.8 Å². The number of pyridine rings is 1. The molecule has 2 N–H and O–H groups in total. The standard InChI is InChI=1S/C20H23N5O4/c1-12-4-5-13(19(23-12)29-3)9-25-10-14(18(26)22-11-20(27)6-7-20)16-17(25)24-15(28-2)8-21-16/h4-5,8,10,27H,6-7,9,11H2,1-3H3,(H,22,26). The van der Waals surface area contributed by atoms with Gasteiger partial charge in [-0.15, -0.1) is 0 Å². The number of hydrogen-bond acceptors (Lipinski definition) is 7. The van der Waals surface area contributed by atoms with E-state index in [1.807, 2.05) is 23.6 Å². The number of nitrogens with zero attached hydrogens (tertiary/aromatic N) is 4. The van der Waals surface area contributed by atoms with Gasteiger partial charge in [-0.2, -0.15) is 4.98 Å². The van der Waals surface area contributed by atoms with E-state index in [2.05, 4.69) is 20.3 Å². The van der Waals surface area contributed by atoms with Crippen LogP contribution in [-0.2, 0) is 6.54 Å². The minimum absolute atomic E-state index is 0.220. The van der Waals surface area contributed by atoms with E-state index >= 15 is 0 Å². The van der Waals surface area contributed by atoms with Crippen molar-refractivity contribution in [1.29, 1.82) is 0 Å². The van der Waals surface area contributed by atoms with Crippen molar-refractivity contribution in [2.24, 2.45) is 0 Å². The number of nitrogens with one attached hydrogen (secondary N) is 1. The molecule has 0 radical (unpaired) electrons. The van der Waals surface area contributed by atoms with E-state index in [1.165, 1.54) is 13.3 Å². The monoisotopic (exact) mass is 397 g/mol. The third-order valence-electron chi connectivity index (χ3n) is 5.02. The smallest absolute Gasteiger partial charge is 0.255 e. The zero-order chi connectivity index (χ0) is 20.6. The summed E-state index contributed by atoms with van der Waals surface area (Å²) >= 11 is 0. The minimum Gasteiger partial charge on any atom is -0.481 e. The molecule has 9 heteroatoms. The minimum atomic E-state index is -0.774. The lowest BCUT2D eigenvalue weighted by molar-refractivity contribution is 0.0897. The van der Waals surface area contributed by atoms with Gasteiger partial charge in [0, 0.05) is 24.0 Å². The van der Waals surface area contributed by atoms with Gasteiger partial charge >= 0.3 is 0 Å². The zero-order valence-corrected chi connectivity index (χ0v) is 16.6. The Morgan fingerprint density at radius 3 is 2.76 bits per heavy atom. The van der Waals surface area contributed by atoms with Gasteiger partial charge in [0.1, 0.15) is 5.52 Å². The number of amides is 1. The predicted octanol–water partition coefficient (Wildman–Crippen LogP) is 1.45. The first-order valence-electron chi connectivity index (χ1n) is 9.33. The molecule has 0 saturated heterocycles. The maximum absolute atomic E-state index is 12.7. The summed E-state index contributed by atoms with van der Waals surface area (Å²) in [5.74, 6) is 0.567. The van der Waals surface area contributed by atoms with Crippen LogP contribution >= 0.6 is 0 Å². The average Bonchev–Trinajstić information content (AvgIpc) is 3.36. The summed E-state index contributed by atoms with van der Waals surface area (Å²) in [5.41, 5.74) is 2.29. The van der Waals surface area contributed by atoms with Crippen molar-refractivity contribution in [3.8, 4) is 11.8 Å². The van der Waals surface area contributed by atoms with Crippen molar-refractivity contribution in [2.45, 2.75) is 31.9 Å². The van der Waals surface area contributed by atoms with Crippen LogP contribution in [0.3, 0.4) is 0 Å². The fourth-order valence-corrected chi connectivity index (χ4v) is 3.12. The van der Waals surface area contributed by atoms with Crippen LogP contribution in [0.4, 0.5) is 0 Å². The highest BCUT2D eigenvalue weighted by molar-refractivity contribution is 6.04. The molecule has 0 aliphatic heterocycles. The van der Waals surface area contributed by atoms with E-state index in [1.54, 1.807) is 13.3 Å². The molecule has 0 spiro atoms. The first-order valence-corrected chi connectivity index (χ1v) is 9.33. The third kappa shape index (κ3) is 3.86. The molecule has 0 atom stereocenters. The van der Waals surface area contributed by atoms with Crippen molar-refractivity contribution >= 4 is 17.1 Å². The number of fused-ring (bicyclic) bond motifs is 1. The fourth-order valence-electron chi connectivity index (χ4n) is 3.12. The second-order valence-electron chi connectivity index (χ2n) is 7.28. The van der Waals surface area contributed by atoms with Gasteiger partial charge in [0.15, 0.2) is 5.65 Å². The largest absolute Gasteiger partial charge is 0.481 e. The number of aryl methyl sites for hydroxylation is 1. The highest BCUT2D eigenvalue weighted by Gasteiger charge is 2.40. The van der Waals surface area contributed by atoms with Crippen molar-refractivity contribution in [1.82, 2.24) is 24.8 Å². The van der Waals surface area contributed by atoms with Crippen LogP contribution in [0.1, 0.15) is 34.5 Å². The summed E-state index contributed by atoms with van der Waals surface area (Å²) in [7, 11) is 3.09. The molecule has 3 aromatic rings. The number of ether oxygens (including phenoxy) is 2. The van der Waals surface area contributed by atoms with E-state index in [-0.39, 0.29) is 12.5 Å². The fraction of sp³-hybridized carbons (Fsp3) is 0.400. The first-order chi connectivity index (χ1) is 13.9. The number of aromatic nitrogens is 4. The molecule has 4 rings (SSSR count).